The van der Waals surface area contributed by atoms with E-state index in [-0.39, 0.29) is 11.3 Å². The lowest BCUT2D eigenvalue weighted by Gasteiger charge is -2.03. The molecule has 3 nitrogen and oxygen atoms in total. The van der Waals surface area contributed by atoms with Crippen molar-refractivity contribution in [3.63, 3.8) is 0 Å². The molecule has 0 radical (unpaired) electrons. The van der Waals surface area contributed by atoms with Gasteiger partial charge >= 0.3 is 0 Å². The smallest absolute Gasteiger partial charge is 0.213 e. The number of nitrogens with zero attached hydrogens (tertiary/aromatic N) is 2. The molecule has 0 aliphatic carbocycles. The highest BCUT2D eigenvalue weighted by molar-refractivity contribution is 9.10. The van der Waals surface area contributed by atoms with E-state index in [9.17, 15) is 9.18 Å². The van der Waals surface area contributed by atoms with Gasteiger partial charge in [-0.2, -0.15) is 5.10 Å². The third kappa shape index (κ3) is 2.29. The molecule has 1 aromatic heterocycles. The molecule has 0 spiro atoms. The highest BCUT2D eigenvalue weighted by atomic mass is 79.9. The lowest BCUT2D eigenvalue weighted by Crippen LogP contribution is -2.10. The summed E-state index contributed by atoms with van der Waals surface area (Å²) in [6.07, 6.45) is 0. The van der Waals surface area contributed by atoms with E-state index in [1.54, 1.807) is 26.1 Å². The van der Waals surface area contributed by atoms with Crippen LogP contribution in [0.25, 0.3) is 0 Å². The number of halogens is 2. The van der Waals surface area contributed by atoms with E-state index in [0.717, 1.165) is 5.69 Å². The van der Waals surface area contributed by atoms with Gasteiger partial charge in [0.2, 0.25) is 5.78 Å². The van der Waals surface area contributed by atoms with Gasteiger partial charge in [0, 0.05) is 11.5 Å². The number of hydrogen-bond acceptors (Lipinski definition) is 2. The van der Waals surface area contributed by atoms with E-state index >= 15 is 0 Å². The van der Waals surface area contributed by atoms with E-state index in [2.05, 4.69) is 21.0 Å². The summed E-state index contributed by atoms with van der Waals surface area (Å²) in [7, 11) is 1.66. The van der Waals surface area contributed by atoms with Gasteiger partial charge < -0.3 is 0 Å². The van der Waals surface area contributed by atoms with Gasteiger partial charge in [0.15, 0.2) is 0 Å². The van der Waals surface area contributed by atoms with Crippen LogP contribution in [0.1, 0.15) is 21.7 Å². The van der Waals surface area contributed by atoms with E-state index in [0.29, 0.717) is 10.2 Å². The molecule has 0 saturated carbocycles. The van der Waals surface area contributed by atoms with Crippen molar-refractivity contribution in [3.05, 3.63) is 51.5 Å². The molecule has 88 valence electrons. The van der Waals surface area contributed by atoms with Crippen LogP contribution in [0.15, 0.2) is 28.7 Å². The molecule has 0 bridgehead atoms. The summed E-state index contributed by atoms with van der Waals surface area (Å²) in [5, 5.41) is 4.07. The molecule has 1 aromatic carbocycles. The third-order valence-corrected chi connectivity index (χ3v) is 2.90. The van der Waals surface area contributed by atoms with Crippen LogP contribution in [0, 0.1) is 12.7 Å². The second-order valence-corrected chi connectivity index (χ2v) is 4.66. The fraction of sp³-hybridized carbons (Fsp3) is 0.167. The zero-order chi connectivity index (χ0) is 12.6. The lowest BCUT2D eigenvalue weighted by atomic mass is 10.1. The van der Waals surface area contributed by atoms with Crippen molar-refractivity contribution in [1.82, 2.24) is 9.78 Å². The Morgan fingerprint density at radius 1 is 1.41 bits per heavy atom. The van der Waals surface area contributed by atoms with E-state index < -0.39 is 5.82 Å². The van der Waals surface area contributed by atoms with Crippen molar-refractivity contribution >= 4 is 21.7 Å². The maximum Gasteiger partial charge on any atom is 0.213 e. The first-order chi connectivity index (χ1) is 7.99. The number of carbonyl (C=O) groups is 1. The number of ketones is 1. The van der Waals surface area contributed by atoms with Gasteiger partial charge in [-0.25, -0.2) is 4.39 Å². The van der Waals surface area contributed by atoms with Crippen LogP contribution in [0.3, 0.4) is 0 Å². The Kier molecular flexibility index (Phi) is 3.11. The molecular formula is C12H10BrFN2O. The van der Waals surface area contributed by atoms with Gasteiger partial charge in [-0.05, 0) is 31.2 Å². The highest BCUT2D eigenvalue weighted by Gasteiger charge is 2.18. The van der Waals surface area contributed by atoms with Gasteiger partial charge in [0.05, 0.1) is 11.3 Å². The van der Waals surface area contributed by atoms with Gasteiger partial charge in [0.25, 0.3) is 0 Å². The molecule has 2 rings (SSSR count). The number of aryl methyl sites for hydroxylation is 2. The predicted molar refractivity (Wildman–Crippen MR) is 65.5 cm³/mol. The first kappa shape index (κ1) is 12.0. The summed E-state index contributed by atoms with van der Waals surface area (Å²) in [5.74, 6) is -0.899. The minimum absolute atomic E-state index is 0.0439. The molecule has 0 unspecified atom stereocenters. The van der Waals surface area contributed by atoms with Crippen molar-refractivity contribution in [2.45, 2.75) is 6.92 Å². The van der Waals surface area contributed by atoms with Gasteiger partial charge in [-0.1, -0.05) is 15.9 Å². The van der Waals surface area contributed by atoms with Gasteiger partial charge in [-0.3, -0.25) is 9.48 Å². The molecule has 0 aliphatic rings. The molecule has 0 amide bonds. The monoisotopic (exact) mass is 296 g/mol. The second-order valence-electron chi connectivity index (χ2n) is 3.75. The summed E-state index contributed by atoms with van der Waals surface area (Å²) in [5.41, 5.74) is 1.15. The van der Waals surface area contributed by atoms with Crippen molar-refractivity contribution in [2.75, 3.05) is 0 Å². The summed E-state index contributed by atoms with van der Waals surface area (Å²) in [6.45, 7) is 1.79. The van der Waals surface area contributed by atoms with Gasteiger partial charge in [-0.15, -0.1) is 0 Å². The van der Waals surface area contributed by atoms with Gasteiger partial charge in [0.1, 0.15) is 11.5 Å². The Balaban J connectivity index is 2.50. The van der Waals surface area contributed by atoms with Crippen LogP contribution in [0.2, 0.25) is 0 Å². The zero-order valence-electron chi connectivity index (χ0n) is 9.37. The van der Waals surface area contributed by atoms with Crippen LogP contribution in [-0.2, 0) is 7.05 Å². The van der Waals surface area contributed by atoms with Crippen LogP contribution >= 0.6 is 15.9 Å². The minimum Gasteiger partial charge on any atom is -0.287 e. The molecule has 0 saturated heterocycles. The highest BCUT2D eigenvalue weighted by Crippen LogP contribution is 2.19. The Morgan fingerprint density at radius 2 is 2.12 bits per heavy atom. The molecule has 0 fully saturated rings. The lowest BCUT2D eigenvalue weighted by molar-refractivity contribution is 0.102. The standard InChI is InChI=1S/C12H10BrFN2O/c1-7-5-11(16(2)15-7)12(17)9-6-8(13)3-4-10(9)14/h3-6H,1-2H3. The van der Waals surface area contributed by atoms with Crippen molar-refractivity contribution in [1.29, 1.82) is 0 Å². The number of rotatable bonds is 2. The molecule has 2 aromatic rings. The van der Waals surface area contributed by atoms with Crippen molar-refractivity contribution in [3.8, 4) is 0 Å². The Hall–Kier alpha value is -1.49. The van der Waals surface area contributed by atoms with Crippen molar-refractivity contribution in [2.24, 2.45) is 7.05 Å². The summed E-state index contributed by atoms with van der Waals surface area (Å²) < 4.78 is 15.7. The largest absolute Gasteiger partial charge is 0.287 e. The summed E-state index contributed by atoms with van der Waals surface area (Å²) in [6, 6.07) is 5.93. The van der Waals surface area contributed by atoms with E-state index in [1.165, 1.54) is 16.8 Å². The predicted octanol–water partition coefficient (Wildman–Crippen LogP) is 2.86. The van der Waals surface area contributed by atoms with E-state index in [4.69, 9.17) is 0 Å². The number of hydrogen-bond donors (Lipinski definition) is 0. The number of aromatic nitrogens is 2. The fourth-order valence-electron chi connectivity index (χ4n) is 1.63. The molecule has 5 heteroatoms. The van der Waals surface area contributed by atoms with Crippen LogP contribution in [-0.4, -0.2) is 15.6 Å². The average molecular weight is 297 g/mol. The molecule has 17 heavy (non-hydrogen) atoms. The molecule has 0 aliphatic heterocycles. The fourth-order valence-corrected chi connectivity index (χ4v) is 1.99. The average Bonchev–Trinajstić information content (AvgIpc) is 2.60. The molecule has 0 N–H and O–H groups in total. The molecular weight excluding hydrogens is 287 g/mol. The maximum absolute atomic E-state index is 13.6. The van der Waals surface area contributed by atoms with Crippen LogP contribution in [0.5, 0.6) is 0 Å². The first-order valence-corrected chi connectivity index (χ1v) is 5.78. The Morgan fingerprint density at radius 3 is 2.71 bits per heavy atom. The normalized spacial score (nSPS) is 10.6. The molecule has 0 atom stereocenters. The summed E-state index contributed by atoms with van der Waals surface area (Å²) >= 11 is 3.22. The Bertz CT molecular complexity index is 592. The van der Waals surface area contributed by atoms with Crippen LogP contribution < -0.4 is 0 Å². The third-order valence-electron chi connectivity index (χ3n) is 2.41. The number of benzene rings is 1. The first-order valence-electron chi connectivity index (χ1n) is 4.99. The van der Waals surface area contributed by atoms with Crippen molar-refractivity contribution < 1.29 is 9.18 Å². The van der Waals surface area contributed by atoms with Crippen LogP contribution in [0.4, 0.5) is 4.39 Å². The molecule has 1 heterocycles. The Labute approximate surface area is 106 Å². The maximum atomic E-state index is 13.6. The second kappa shape index (κ2) is 4.41. The minimum atomic E-state index is -0.531. The SMILES string of the molecule is Cc1cc(C(=O)c2cc(Br)ccc2F)n(C)n1. The summed E-state index contributed by atoms with van der Waals surface area (Å²) in [4.78, 5) is 12.1. The quantitative estimate of drug-likeness (QED) is 0.799. The van der Waals surface area contributed by atoms with E-state index in [1.807, 2.05) is 0 Å². The zero-order valence-corrected chi connectivity index (χ0v) is 11.0. The topological polar surface area (TPSA) is 34.9 Å². The number of carbonyl (C=O) groups excluding carboxylic acids is 1.